The number of nitrogens with one attached hydrogen (secondary N) is 3. The van der Waals surface area contributed by atoms with Crippen LogP contribution in [-0.4, -0.2) is 26.7 Å². The first-order valence-electron chi connectivity index (χ1n) is 7.06. The summed E-state index contributed by atoms with van der Waals surface area (Å²) >= 11 is 0. The molecule has 0 aromatic carbocycles. The van der Waals surface area contributed by atoms with Crippen molar-refractivity contribution in [2.45, 2.75) is 38.5 Å². The predicted octanol–water partition coefficient (Wildman–Crippen LogP) is 1.72. The van der Waals surface area contributed by atoms with Gasteiger partial charge in [-0.3, -0.25) is 9.89 Å². The second kappa shape index (κ2) is 5.48. The Morgan fingerprint density at radius 3 is 3.00 bits per heavy atom. The number of aryl methyl sites for hydroxylation is 2. The third kappa shape index (κ3) is 3.07. The van der Waals surface area contributed by atoms with Gasteiger partial charge in [-0.05, 0) is 38.2 Å². The molecule has 3 rings (SSSR count). The zero-order valence-electron chi connectivity index (χ0n) is 11.6. The van der Waals surface area contributed by atoms with Crippen molar-refractivity contribution >= 4 is 5.82 Å². The molecule has 20 heavy (non-hydrogen) atoms. The molecular formula is C14H19N5O. The lowest BCUT2D eigenvalue weighted by Gasteiger charge is -2.06. The summed E-state index contributed by atoms with van der Waals surface area (Å²) < 4.78 is 0. The summed E-state index contributed by atoms with van der Waals surface area (Å²) in [6.07, 6.45) is 6.08. The molecular weight excluding hydrogens is 254 g/mol. The van der Waals surface area contributed by atoms with Gasteiger partial charge in [0, 0.05) is 24.2 Å². The van der Waals surface area contributed by atoms with E-state index in [0.29, 0.717) is 11.7 Å². The molecule has 2 aromatic heterocycles. The minimum Gasteiger partial charge on any atom is -0.370 e. The van der Waals surface area contributed by atoms with Crippen LogP contribution in [0.5, 0.6) is 0 Å². The molecule has 0 saturated heterocycles. The Morgan fingerprint density at radius 2 is 2.30 bits per heavy atom. The molecule has 6 heteroatoms. The summed E-state index contributed by atoms with van der Waals surface area (Å²) in [4.78, 5) is 18.8. The fourth-order valence-electron chi connectivity index (χ4n) is 2.24. The molecule has 0 radical (unpaired) electrons. The first-order valence-corrected chi connectivity index (χ1v) is 7.06. The second-order valence-corrected chi connectivity index (χ2v) is 5.34. The number of anilines is 1. The van der Waals surface area contributed by atoms with Crippen LogP contribution in [-0.2, 0) is 6.42 Å². The predicted molar refractivity (Wildman–Crippen MR) is 77.0 cm³/mol. The van der Waals surface area contributed by atoms with E-state index < -0.39 is 0 Å². The molecule has 1 fully saturated rings. The maximum absolute atomic E-state index is 11.6. The van der Waals surface area contributed by atoms with Crippen LogP contribution >= 0.6 is 0 Å². The summed E-state index contributed by atoms with van der Waals surface area (Å²) in [6.45, 7) is 2.82. The van der Waals surface area contributed by atoms with E-state index in [9.17, 15) is 4.79 Å². The Morgan fingerprint density at radius 1 is 1.45 bits per heavy atom. The van der Waals surface area contributed by atoms with Crippen LogP contribution in [0, 0.1) is 6.92 Å². The van der Waals surface area contributed by atoms with E-state index in [1.54, 1.807) is 0 Å². The van der Waals surface area contributed by atoms with Crippen LogP contribution in [0.4, 0.5) is 5.82 Å². The van der Waals surface area contributed by atoms with Crippen molar-refractivity contribution in [3.8, 4) is 0 Å². The Hall–Kier alpha value is -2.11. The lowest BCUT2D eigenvalue weighted by Crippen LogP contribution is -2.14. The Bertz CT molecular complexity index is 641. The number of aromatic nitrogens is 4. The van der Waals surface area contributed by atoms with E-state index in [2.05, 4.69) is 25.5 Å². The number of H-pyrrole nitrogens is 2. The number of nitrogens with zero attached hydrogens (tertiary/aromatic N) is 2. The SMILES string of the molecule is Cc1[nH]ncc1CCCNc1cc(=O)[nH]c(C2CC2)n1. The first-order chi connectivity index (χ1) is 9.72. The molecule has 0 aliphatic heterocycles. The summed E-state index contributed by atoms with van der Waals surface area (Å²) in [5.41, 5.74) is 2.29. The molecule has 2 heterocycles. The van der Waals surface area contributed by atoms with E-state index in [-0.39, 0.29) is 5.56 Å². The first kappa shape index (κ1) is 12.9. The Labute approximate surface area is 117 Å². The largest absolute Gasteiger partial charge is 0.370 e. The van der Waals surface area contributed by atoms with Gasteiger partial charge in [-0.2, -0.15) is 5.10 Å². The maximum atomic E-state index is 11.6. The van der Waals surface area contributed by atoms with Crippen molar-refractivity contribution in [1.82, 2.24) is 20.2 Å². The van der Waals surface area contributed by atoms with Crippen LogP contribution in [0.3, 0.4) is 0 Å². The van der Waals surface area contributed by atoms with Crippen molar-refractivity contribution < 1.29 is 0 Å². The van der Waals surface area contributed by atoms with Crippen molar-refractivity contribution in [3.63, 3.8) is 0 Å². The smallest absolute Gasteiger partial charge is 0.252 e. The minimum absolute atomic E-state index is 0.0740. The molecule has 1 saturated carbocycles. The van der Waals surface area contributed by atoms with Gasteiger partial charge in [0.2, 0.25) is 0 Å². The molecule has 2 aromatic rings. The topological polar surface area (TPSA) is 86.5 Å². The molecule has 1 aliphatic carbocycles. The van der Waals surface area contributed by atoms with Gasteiger partial charge in [-0.25, -0.2) is 4.98 Å². The van der Waals surface area contributed by atoms with Gasteiger partial charge in [0.25, 0.3) is 5.56 Å². The molecule has 0 atom stereocenters. The monoisotopic (exact) mass is 273 g/mol. The average Bonchev–Trinajstić information content (AvgIpc) is 3.19. The highest BCUT2D eigenvalue weighted by atomic mass is 16.1. The van der Waals surface area contributed by atoms with Crippen molar-refractivity contribution in [1.29, 1.82) is 0 Å². The van der Waals surface area contributed by atoms with Crippen molar-refractivity contribution in [2.24, 2.45) is 0 Å². The molecule has 0 bridgehead atoms. The van der Waals surface area contributed by atoms with Gasteiger partial charge in [0.05, 0.1) is 6.20 Å². The van der Waals surface area contributed by atoms with E-state index in [4.69, 9.17) is 0 Å². The highest BCUT2D eigenvalue weighted by Gasteiger charge is 2.26. The van der Waals surface area contributed by atoms with Crippen molar-refractivity contribution in [3.05, 3.63) is 39.7 Å². The standard InChI is InChI=1S/C14H19N5O/c1-9-11(8-16-19-9)3-2-6-15-12-7-13(20)18-14(17-12)10-4-5-10/h7-8,10H,2-6H2,1H3,(H,16,19)(H2,15,17,18,20). The number of aromatic amines is 2. The highest BCUT2D eigenvalue weighted by Crippen LogP contribution is 2.37. The quantitative estimate of drug-likeness (QED) is 0.699. The van der Waals surface area contributed by atoms with Crippen molar-refractivity contribution in [2.75, 3.05) is 11.9 Å². The fraction of sp³-hybridized carbons (Fsp3) is 0.500. The van der Waals surface area contributed by atoms with Crippen LogP contribution in [0.25, 0.3) is 0 Å². The summed E-state index contributed by atoms with van der Waals surface area (Å²) in [5, 5.41) is 10.2. The molecule has 0 spiro atoms. The van der Waals surface area contributed by atoms with Crippen LogP contribution in [0.15, 0.2) is 17.1 Å². The Kier molecular flexibility index (Phi) is 3.54. The number of hydrogen-bond donors (Lipinski definition) is 3. The highest BCUT2D eigenvalue weighted by molar-refractivity contribution is 5.33. The maximum Gasteiger partial charge on any atom is 0.252 e. The third-order valence-corrected chi connectivity index (χ3v) is 3.59. The summed E-state index contributed by atoms with van der Waals surface area (Å²) in [7, 11) is 0. The molecule has 0 unspecified atom stereocenters. The van der Waals surface area contributed by atoms with Crippen LogP contribution in [0.2, 0.25) is 0 Å². The summed E-state index contributed by atoms with van der Waals surface area (Å²) in [5.74, 6) is 1.96. The van der Waals surface area contributed by atoms with E-state index in [1.807, 2.05) is 13.1 Å². The molecule has 3 N–H and O–H groups in total. The van der Waals surface area contributed by atoms with E-state index >= 15 is 0 Å². The third-order valence-electron chi connectivity index (χ3n) is 3.59. The van der Waals surface area contributed by atoms with Gasteiger partial charge >= 0.3 is 0 Å². The van der Waals surface area contributed by atoms with Gasteiger partial charge < -0.3 is 10.3 Å². The number of rotatable bonds is 6. The lowest BCUT2D eigenvalue weighted by molar-refractivity contribution is 0.843. The molecule has 6 nitrogen and oxygen atoms in total. The normalized spacial score (nSPS) is 14.4. The van der Waals surface area contributed by atoms with Crippen LogP contribution < -0.4 is 10.9 Å². The fourth-order valence-corrected chi connectivity index (χ4v) is 2.24. The zero-order chi connectivity index (χ0) is 13.9. The zero-order valence-corrected chi connectivity index (χ0v) is 11.6. The van der Waals surface area contributed by atoms with Gasteiger partial charge in [0.15, 0.2) is 0 Å². The van der Waals surface area contributed by atoms with E-state index in [1.165, 1.54) is 11.6 Å². The van der Waals surface area contributed by atoms with Gasteiger partial charge in [0.1, 0.15) is 11.6 Å². The van der Waals surface area contributed by atoms with Gasteiger partial charge in [-0.15, -0.1) is 0 Å². The second-order valence-electron chi connectivity index (χ2n) is 5.34. The van der Waals surface area contributed by atoms with Crippen LogP contribution in [0.1, 0.15) is 42.3 Å². The molecule has 1 aliphatic rings. The average molecular weight is 273 g/mol. The number of hydrogen-bond acceptors (Lipinski definition) is 4. The minimum atomic E-state index is -0.0740. The molecule has 0 amide bonds. The van der Waals surface area contributed by atoms with Gasteiger partial charge in [-0.1, -0.05) is 0 Å². The lowest BCUT2D eigenvalue weighted by atomic mass is 10.1. The molecule has 106 valence electrons. The van der Waals surface area contributed by atoms with E-state index in [0.717, 1.165) is 43.7 Å². The Balaban J connectivity index is 1.53. The summed E-state index contributed by atoms with van der Waals surface area (Å²) in [6, 6.07) is 1.52.